The molecule has 0 fully saturated rings. The minimum Gasteiger partial charge on any atom is -0.456 e. The van der Waals surface area contributed by atoms with Crippen LogP contribution in [0.5, 0.6) is 0 Å². The van der Waals surface area contributed by atoms with Gasteiger partial charge in [0.1, 0.15) is 11.2 Å². The molecule has 0 radical (unpaired) electrons. The number of fused-ring (bicyclic) bond motifs is 21. The minimum absolute atomic E-state index is 0.918. The third-order valence-electron chi connectivity index (χ3n) is 18.6. The largest absolute Gasteiger partial charge is 0.456 e. The van der Waals surface area contributed by atoms with E-state index in [0.29, 0.717) is 0 Å². The Hall–Kier alpha value is -11.4. The maximum Gasteiger partial charge on any atom is 0.135 e. The summed E-state index contributed by atoms with van der Waals surface area (Å²) in [6, 6.07) is 116. The molecular weight excluding hydrogens is 1350 g/mol. The quantitative estimate of drug-likeness (QED) is 0.122. The summed E-state index contributed by atoms with van der Waals surface area (Å²) >= 11 is 11.1. The molecule has 101 heavy (non-hydrogen) atoms. The third kappa shape index (κ3) is 11.9. The van der Waals surface area contributed by atoms with Gasteiger partial charge in [-0.2, -0.15) is 0 Å². The van der Waals surface area contributed by atoms with Crippen LogP contribution in [0.25, 0.3) is 143 Å². The van der Waals surface area contributed by atoms with E-state index < -0.39 is 0 Å². The maximum absolute atomic E-state index is 5.92. The van der Waals surface area contributed by atoms with Gasteiger partial charge in [-0.05, 0) is 152 Å². The van der Waals surface area contributed by atoms with Crippen LogP contribution < -0.4 is 21.3 Å². The molecular formula is C90H58N4OS6. The fraction of sp³-hybridized carbons (Fsp3) is 0. The van der Waals surface area contributed by atoms with Crippen molar-refractivity contribution in [3.63, 3.8) is 0 Å². The lowest BCUT2D eigenvalue weighted by atomic mass is 10.1. The molecule has 5 nitrogen and oxygen atoms in total. The molecule has 7 aromatic heterocycles. The van der Waals surface area contributed by atoms with Crippen molar-refractivity contribution in [1.82, 2.24) is 0 Å². The highest BCUT2D eigenvalue weighted by atomic mass is 32.1. The molecule has 11 heteroatoms. The lowest BCUT2D eigenvalue weighted by Crippen LogP contribution is -1.89. The molecule has 7 heterocycles. The number of rotatable bonds is 8. The van der Waals surface area contributed by atoms with Crippen LogP contribution in [0.3, 0.4) is 0 Å². The van der Waals surface area contributed by atoms with Crippen LogP contribution >= 0.6 is 68.0 Å². The van der Waals surface area contributed by atoms with Crippen LogP contribution in [0.1, 0.15) is 0 Å². The van der Waals surface area contributed by atoms with Crippen molar-refractivity contribution in [2.45, 2.75) is 0 Å². The molecule has 22 aromatic rings. The Kier molecular flexibility index (Phi) is 15.7. The van der Waals surface area contributed by atoms with Gasteiger partial charge in [-0.15, -0.1) is 68.0 Å². The predicted molar refractivity (Wildman–Crippen MR) is 449 cm³/mol. The zero-order chi connectivity index (χ0) is 66.7. The van der Waals surface area contributed by atoms with E-state index in [1.54, 1.807) is 0 Å². The van der Waals surface area contributed by atoms with E-state index in [4.69, 9.17) is 4.42 Å². The summed E-state index contributed by atoms with van der Waals surface area (Å²) < 4.78 is 21.9. The van der Waals surface area contributed by atoms with E-state index >= 15 is 0 Å². The standard InChI is InChI=1S/C24H15NOS.2C24H15NS2.C18H13NS/c1-3-7-21-17(5-1)20-13-15(10-12-22(20)26-21)25-16-9-11-19-18-6-2-4-8-23(18)27-24(19)14-16;1-3-7-21-17(5-1)19-11-9-16(14-24(19)27-21)25-15-10-12-23-20(13-15)18-6-2-4-8-22(18)26-23;1-3-7-21-17(5-1)19-11-9-15(13-23(19)26-21)25-16-10-12-20-18-6-2-4-8-22(18)27-24(20)14-16;1-2-6-13(7-3-1)19-14-10-11-16-15-8-4-5-9-17(15)20-18(16)12-14/h3*1-14,25H;1-12,19H. The highest BCUT2D eigenvalue weighted by molar-refractivity contribution is 7.28. The van der Waals surface area contributed by atoms with E-state index in [1.165, 1.54) is 121 Å². The molecule has 4 N–H and O–H groups in total. The highest BCUT2D eigenvalue weighted by Gasteiger charge is 2.14. The first kappa shape index (κ1) is 60.8. The normalized spacial score (nSPS) is 11.6. The Morgan fingerprint density at radius 3 is 0.762 bits per heavy atom. The van der Waals surface area contributed by atoms with Gasteiger partial charge in [0.15, 0.2) is 0 Å². The molecule has 15 aromatic carbocycles. The van der Waals surface area contributed by atoms with Gasteiger partial charge in [0.25, 0.3) is 0 Å². The van der Waals surface area contributed by atoms with E-state index in [1.807, 2.05) is 110 Å². The van der Waals surface area contributed by atoms with Gasteiger partial charge in [0.2, 0.25) is 0 Å². The molecule has 0 bridgehead atoms. The minimum atomic E-state index is 0.918. The first-order chi connectivity index (χ1) is 49.9. The van der Waals surface area contributed by atoms with E-state index in [0.717, 1.165) is 67.4 Å². The van der Waals surface area contributed by atoms with Crippen molar-refractivity contribution in [2.24, 2.45) is 0 Å². The summed E-state index contributed by atoms with van der Waals surface area (Å²) in [5, 5.41) is 32.5. The molecule has 0 aliphatic carbocycles. The van der Waals surface area contributed by atoms with Crippen LogP contribution in [-0.2, 0) is 0 Å². The summed E-state index contributed by atoms with van der Waals surface area (Å²) in [6.07, 6.45) is 0. The summed E-state index contributed by atoms with van der Waals surface area (Å²) in [5.41, 5.74) is 10.8. The third-order valence-corrected chi connectivity index (χ3v) is 25.4. The van der Waals surface area contributed by atoms with E-state index in [9.17, 15) is 0 Å². The summed E-state index contributed by atoms with van der Waals surface area (Å²) in [5.74, 6) is 0. The molecule has 0 atom stereocenters. The number of benzene rings is 15. The monoisotopic (exact) mass is 1400 g/mol. The summed E-state index contributed by atoms with van der Waals surface area (Å²) in [6.45, 7) is 0. The lowest BCUT2D eigenvalue weighted by Gasteiger charge is -2.07. The van der Waals surface area contributed by atoms with Crippen molar-refractivity contribution in [3.05, 3.63) is 328 Å². The van der Waals surface area contributed by atoms with E-state index in [2.05, 4.69) is 306 Å². The average Bonchev–Trinajstić information content (AvgIpc) is 1.67. The van der Waals surface area contributed by atoms with Gasteiger partial charge in [-0.3, -0.25) is 0 Å². The lowest BCUT2D eigenvalue weighted by molar-refractivity contribution is 0.669. The van der Waals surface area contributed by atoms with E-state index in [-0.39, 0.29) is 0 Å². The molecule has 480 valence electrons. The molecule has 0 amide bonds. The Balaban J connectivity index is 0.0000000941. The zero-order valence-electron chi connectivity index (χ0n) is 54.0. The second-order valence-corrected chi connectivity index (χ2v) is 31.5. The first-order valence-corrected chi connectivity index (χ1v) is 38.4. The van der Waals surface area contributed by atoms with Gasteiger partial charge in [0.05, 0.1) is 0 Å². The van der Waals surface area contributed by atoms with Crippen LogP contribution in [-0.4, -0.2) is 0 Å². The van der Waals surface area contributed by atoms with Crippen LogP contribution in [0.15, 0.2) is 332 Å². The SMILES string of the molecule is c1ccc(Nc2ccc3c(c2)sc2ccccc23)cc1.c1ccc2c(c1)oc1ccc(Nc3ccc4c(c3)sc3ccccc34)cc12.c1ccc2c(c1)sc1cc(Nc3ccc4c(c3)sc3ccccc34)ccc12.c1ccc2c(c1)sc1cc(Nc3ccc4sc5ccccc5c4c3)ccc12. The Morgan fingerprint density at radius 2 is 0.386 bits per heavy atom. The Labute approximate surface area is 604 Å². The number of hydrogen-bond acceptors (Lipinski definition) is 11. The topological polar surface area (TPSA) is 61.3 Å². The fourth-order valence-corrected chi connectivity index (χ4v) is 20.6. The summed E-state index contributed by atoms with van der Waals surface area (Å²) in [4.78, 5) is 0. The summed E-state index contributed by atoms with van der Waals surface area (Å²) in [7, 11) is 0. The number of thiophene rings is 6. The van der Waals surface area contributed by atoms with Crippen molar-refractivity contribution in [3.8, 4) is 0 Å². The number of furan rings is 1. The van der Waals surface area contributed by atoms with Crippen molar-refractivity contribution < 1.29 is 4.42 Å². The van der Waals surface area contributed by atoms with Crippen LogP contribution in [0.2, 0.25) is 0 Å². The molecule has 22 rings (SSSR count). The second-order valence-electron chi connectivity index (χ2n) is 25.0. The molecule has 0 aliphatic rings. The molecule has 0 saturated carbocycles. The predicted octanol–water partition coefficient (Wildman–Crippen LogP) is 29.8. The smallest absolute Gasteiger partial charge is 0.135 e. The fourth-order valence-electron chi connectivity index (χ4n) is 13.8. The van der Waals surface area contributed by atoms with Crippen LogP contribution in [0, 0.1) is 0 Å². The number of hydrogen-bond donors (Lipinski definition) is 4. The number of para-hydroxylation sites is 2. The zero-order valence-corrected chi connectivity index (χ0v) is 58.9. The van der Waals surface area contributed by atoms with Crippen LogP contribution in [0.4, 0.5) is 45.5 Å². The number of nitrogens with one attached hydrogen (secondary N) is 4. The van der Waals surface area contributed by atoms with Crippen molar-refractivity contribution >= 4 is 256 Å². The van der Waals surface area contributed by atoms with Gasteiger partial charge < -0.3 is 25.7 Å². The molecule has 0 saturated heterocycles. The van der Waals surface area contributed by atoms with Gasteiger partial charge in [-0.25, -0.2) is 0 Å². The van der Waals surface area contributed by atoms with Crippen molar-refractivity contribution in [1.29, 1.82) is 0 Å². The molecule has 0 aliphatic heterocycles. The van der Waals surface area contributed by atoms with Gasteiger partial charge in [-0.1, -0.05) is 176 Å². The molecule has 0 unspecified atom stereocenters. The van der Waals surface area contributed by atoms with Crippen molar-refractivity contribution in [2.75, 3.05) is 21.3 Å². The first-order valence-electron chi connectivity index (χ1n) is 33.5. The second kappa shape index (κ2) is 26.0. The highest BCUT2D eigenvalue weighted by Crippen LogP contribution is 2.43. The Morgan fingerprint density at radius 1 is 0.149 bits per heavy atom. The maximum atomic E-state index is 5.92. The molecule has 0 spiro atoms. The Bertz CT molecular complexity index is 6540. The van der Waals surface area contributed by atoms with Gasteiger partial charge >= 0.3 is 0 Å². The number of anilines is 8. The average molecular weight is 1400 g/mol. The van der Waals surface area contributed by atoms with Gasteiger partial charge in [0, 0.05) is 177 Å².